The van der Waals surface area contributed by atoms with Crippen LogP contribution in [0.4, 0.5) is 10.1 Å². The molecule has 0 aliphatic carbocycles. The van der Waals surface area contributed by atoms with Gasteiger partial charge in [0.1, 0.15) is 12.2 Å². The van der Waals surface area contributed by atoms with Gasteiger partial charge in [-0.25, -0.2) is 4.39 Å². The summed E-state index contributed by atoms with van der Waals surface area (Å²) in [5, 5.41) is 12.1. The summed E-state index contributed by atoms with van der Waals surface area (Å²) in [5.41, 5.74) is 2.88. The number of benzene rings is 2. The Balaban J connectivity index is 2.05. The lowest BCUT2D eigenvalue weighted by Crippen LogP contribution is -1.98. The Morgan fingerprint density at radius 2 is 1.96 bits per heavy atom. The average molecular weight is 314 g/mol. The van der Waals surface area contributed by atoms with Crippen LogP contribution in [0.25, 0.3) is 22.2 Å². The first kappa shape index (κ1) is 15.2. The van der Waals surface area contributed by atoms with Crippen LogP contribution in [-0.4, -0.2) is 23.2 Å². The monoisotopic (exact) mass is 314 g/mol. The third-order valence-electron chi connectivity index (χ3n) is 3.54. The molecule has 3 aromatic rings. The van der Waals surface area contributed by atoms with Gasteiger partial charge in [0.15, 0.2) is 0 Å². The Kier molecular flexibility index (Phi) is 4.34. The molecule has 1 N–H and O–H groups in total. The summed E-state index contributed by atoms with van der Waals surface area (Å²) in [6.07, 6.45) is 0. The van der Waals surface area contributed by atoms with Gasteiger partial charge in [-0.2, -0.15) is 0 Å². The Morgan fingerprint density at radius 1 is 1.17 bits per heavy atom. The third kappa shape index (κ3) is 3.22. The van der Waals surface area contributed by atoms with Crippen molar-refractivity contribution in [1.82, 2.24) is 4.98 Å². The largest absolute Gasteiger partial charge is 0.374 e. The van der Waals surface area contributed by atoms with E-state index in [9.17, 15) is 14.5 Å². The molecule has 23 heavy (non-hydrogen) atoms. The van der Waals surface area contributed by atoms with Crippen LogP contribution < -0.4 is 0 Å². The molecule has 0 spiro atoms. The number of non-ortho nitro benzene ring substituents is 1. The van der Waals surface area contributed by atoms with E-state index in [2.05, 4.69) is 4.98 Å². The number of alkyl halides is 1. The van der Waals surface area contributed by atoms with Crippen LogP contribution >= 0.6 is 0 Å². The summed E-state index contributed by atoms with van der Waals surface area (Å²) in [5.74, 6) is 0. The molecule has 6 heteroatoms. The Hall–Kier alpha value is -2.73. The molecule has 0 aliphatic rings. The first-order chi connectivity index (χ1) is 11.2. The van der Waals surface area contributed by atoms with Gasteiger partial charge < -0.3 is 9.72 Å². The number of fused-ring (bicyclic) bond motifs is 1. The molecular weight excluding hydrogens is 299 g/mol. The van der Waals surface area contributed by atoms with E-state index in [1.807, 2.05) is 42.5 Å². The van der Waals surface area contributed by atoms with Gasteiger partial charge in [0.25, 0.3) is 5.69 Å². The smallest absolute Gasteiger partial charge is 0.293 e. The minimum absolute atomic E-state index is 0.0106. The lowest BCUT2D eigenvalue weighted by molar-refractivity contribution is -0.383. The number of nitro benzene ring substituents is 1. The number of aromatic nitrogens is 1. The van der Waals surface area contributed by atoms with Gasteiger partial charge in [0.05, 0.1) is 18.1 Å². The number of nitrogens with zero attached hydrogens (tertiary/aromatic N) is 1. The predicted molar refractivity (Wildman–Crippen MR) is 86.0 cm³/mol. The molecule has 3 rings (SSSR count). The van der Waals surface area contributed by atoms with E-state index >= 15 is 0 Å². The third-order valence-corrected chi connectivity index (χ3v) is 3.54. The van der Waals surface area contributed by atoms with Crippen molar-refractivity contribution >= 4 is 16.6 Å². The maximum absolute atomic E-state index is 12.1. The summed E-state index contributed by atoms with van der Waals surface area (Å²) in [6.45, 7) is -0.451. The first-order valence-electron chi connectivity index (χ1n) is 7.18. The number of rotatable bonds is 6. The summed E-state index contributed by atoms with van der Waals surface area (Å²) in [6, 6.07) is 14.8. The van der Waals surface area contributed by atoms with Crippen molar-refractivity contribution in [2.45, 2.75) is 6.61 Å². The van der Waals surface area contributed by atoms with Crippen molar-refractivity contribution < 1.29 is 14.1 Å². The highest BCUT2D eigenvalue weighted by Crippen LogP contribution is 2.31. The van der Waals surface area contributed by atoms with Gasteiger partial charge in [-0.1, -0.05) is 30.3 Å². The second-order valence-electron chi connectivity index (χ2n) is 5.13. The van der Waals surface area contributed by atoms with E-state index in [0.29, 0.717) is 11.1 Å². The molecule has 0 saturated carbocycles. The standard InChI is InChI=1S/C17H15FN2O3/c18-6-7-23-11-12-8-14-10-15(13-4-2-1-3-5-13)19-17(14)16(9-12)20(21)22/h1-5,8-10,19H,6-7,11H2. The van der Waals surface area contributed by atoms with Gasteiger partial charge in [-0.05, 0) is 23.3 Å². The molecule has 0 amide bonds. The van der Waals surface area contributed by atoms with Crippen molar-refractivity contribution in [2.24, 2.45) is 0 Å². The fourth-order valence-electron chi connectivity index (χ4n) is 2.53. The number of H-pyrrole nitrogens is 1. The highest BCUT2D eigenvalue weighted by molar-refractivity contribution is 5.92. The topological polar surface area (TPSA) is 68.2 Å². The molecule has 0 saturated heterocycles. The van der Waals surface area contributed by atoms with Crippen molar-refractivity contribution in [3.63, 3.8) is 0 Å². The zero-order valence-corrected chi connectivity index (χ0v) is 12.3. The molecule has 0 atom stereocenters. The van der Waals surface area contributed by atoms with E-state index in [4.69, 9.17) is 4.74 Å². The van der Waals surface area contributed by atoms with Crippen molar-refractivity contribution in [3.05, 3.63) is 64.2 Å². The average Bonchev–Trinajstić information content (AvgIpc) is 2.99. The maximum atomic E-state index is 12.1. The number of aromatic amines is 1. The Morgan fingerprint density at radius 3 is 2.65 bits per heavy atom. The van der Waals surface area contributed by atoms with Crippen LogP contribution in [0.15, 0.2) is 48.5 Å². The fourth-order valence-corrected chi connectivity index (χ4v) is 2.53. The van der Waals surface area contributed by atoms with Gasteiger partial charge >= 0.3 is 0 Å². The molecule has 0 fully saturated rings. The zero-order valence-electron chi connectivity index (χ0n) is 12.3. The van der Waals surface area contributed by atoms with Gasteiger partial charge in [-0.15, -0.1) is 0 Å². The molecule has 0 unspecified atom stereocenters. The van der Waals surface area contributed by atoms with Gasteiger partial charge in [0, 0.05) is 17.1 Å². The van der Waals surface area contributed by atoms with Crippen molar-refractivity contribution in [3.8, 4) is 11.3 Å². The van der Waals surface area contributed by atoms with E-state index in [0.717, 1.165) is 16.6 Å². The lowest BCUT2D eigenvalue weighted by atomic mass is 10.1. The highest BCUT2D eigenvalue weighted by Gasteiger charge is 2.17. The Labute approximate surface area is 131 Å². The second-order valence-corrected chi connectivity index (χ2v) is 5.13. The molecule has 5 nitrogen and oxygen atoms in total. The maximum Gasteiger partial charge on any atom is 0.293 e. The summed E-state index contributed by atoms with van der Waals surface area (Å²) in [4.78, 5) is 14.0. The highest BCUT2D eigenvalue weighted by atomic mass is 19.1. The molecule has 0 radical (unpaired) electrons. The number of ether oxygens (including phenoxy) is 1. The van der Waals surface area contributed by atoms with Crippen molar-refractivity contribution in [2.75, 3.05) is 13.3 Å². The molecular formula is C17H15FN2O3. The fraction of sp³-hybridized carbons (Fsp3) is 0.176. The minimum Gasteiger partial charge on any atom is -0.374 e. The predicted octanol–water partition coefficient (Wildman–Crippen LogP) is 4.23. The van der Waals surface area contributed by atoms with Crippen LogP contribution in [-0.2, 0) is 11.3 Å². The van der Waals surface area contributed by atoms with Gasteiger partial charge in [0.2, 0.25) is 0 Å². The molecule has 1 heterocycles. The van der Waals surface area contributed by atoms with Gasteiger partial charge in [-0.3, -0.25) is 10.1 Å². The zero-order chi connectivity index (χ0) is 16.2. The van der Waals surface area contributed by atoms with E-state index in [1.165, 1.54) is 6.07 Å². The second kappa shape index (κ2) is 6.58. The van der Waals surface area contributed by atoms with Crippen LogP contribution in [0.2, 0.25) is 0 Å². The number of hydrogen-bond donors (Lipinski definition) is 1. The van der Waals surface area contributed by atoms with Crippen LogP contribution in [0.1, 0.15) is 5.56 Å². The summed E-state index contributed by atoms with van der Waals surface area (Å²) in [7, 11) is 0. The lowest BCUT2D eigenvalue weighted by Gasteiger charge is -2.03. The quantitative estimate of drug-likeness (QED) is 0.420. The molecule has 0 bridgehead atoms. The number of halogens is 1. The van der Waals surface area contributed by atoms with E-state index in [-0.39, 0.29) is 18.9 Å². The number of hydrogen-bond acceptors (Lipinski definition) is 3. The first-order valence-corrected chi connectivity index (χ1v) is 7.18. The minimum atomic E-state index is -0.577. The van der Waals surface area contributed by atoms with Crippen LogP contribution in [0.3, 0.4) is 0 Å². The molecule has 118 valence electrons. The number of nitrogens with one attached hydrogen (secondary N) is 1. The van der Waals surface area contributed by atoms with Crippen LogP contribution in [0.5, 0.6) is 0 Å². The molecule has 0 aliphatic heterocycles. The SMILES string of the molecule is O=[N+]([O-])c1cc(COCCF)cc2cc(-c3ccccc3)[nH]c12. The summed E-state index contributed by atoms with van der Waals surface area (Å²) < 4.78 is 17.2. The van der Waals surface area contributed by atoms with E-state index in [1.54, 1.807) is 0 Å². The molecule has 1 aromatic heterocycles. The normalized spacial score (nSPS) is 11.0. The Bertz CT molecular complexity index is 830. The molecule has 2 aromatic carbocycles. The number of nitro groups is 1. The van der Waals surface area contributed by atoms with Crippen LogP contribution in [0, 0.1) is 10.1 Å². The van der Waals surface area contributed by atoms with E-state index < -0.39 is 11.6 Å². The summed E-state index contributed by atoms with van der Waals surface area (Å²) >= 11 is 0. The van der Waals surface area contributed by atoms with Crippen molar-refractivity contribution in [1.29, 1.82) is 0 Å².